The Morgan fingerprint density at radius 1 is 1.41 bits per heavy atom. The lowest BCUT2D eigenvalue weighted by molar-refractivity contribution is -0.138. The molecule has 0 aliphatic heterocycles. The van der Waals surface area contributed by atoms with Gasteiger partial charge < -0.3 is 15.0 Å². The third-order valence-corrected chi connectivity index (χ3v) is 4.03. The number of aromatic amines is 1. The van der Waals surface area contributed by atoms with Crippen LogP contribution in [-0.4, -0.2) is 39.5 Å². The van der Waals surface area contributed by atoms with E-state index in [1.165, 1.54) is 17.0 Å². The first-order valence-electron chi connectivity index (χ1n) is 6.84. The number of benzene rings is 1. The number of rotatable bonds is 5. The molecule has 2 rings (SSSR count). The van der Waals surface area contributed by atoms with E-state index in [2.05, 4.69) is 20.9 Å². The van der Waals surface area contributed by atoms with E-state index in [4.69, 9.17) is 5.11 Å². The molecule has 0 aliphatic rings. The molecule has 0 fully saturated rings. The van der Waals surface area contributed by atoms with Gasteiger partial charge in [0.1, 0.15) is 18.1 Å². The number of aromatic nitrogens is 1. The molecule has 1 aromatic carbocycles. The number of amides is 1. The van der Waals surface area contributed by atoms with Gasteiger partial charge in [0.15, 0.2) is 0 Å². The maximum Gasteiger partial charge on any atom is 0.323 e. The van der Waals surface area contributed by atoms with Crippen LogP contribution in [0.3, 0.4) is 0 Å². The summed E-state index contributed by atoms with van der Waals surface area (Å²) in [4.78, 5) is 27.6. The van der Waals surface area contributed by atoms with Crippen molar-refractivity contribution in [3.8, 4) is 0 Å². The molecule has 1 aromatic heterocycles. The molecule has 0 radical (unpaired) electrons. The molecule has 22 heavy (non-hydrogen) atoms. The molecule has 1 heterocycles. The molecule has 0 saturated carbocycles. The predicted molar refractivity (Wildman–Crippen MR) is 84.4 cm³/mol. The lowest BCUT2D eigenvalue weighted by Crippen LogP contribution is -2.42. The Kier molecular flexibility index (Phi) is 4.85. The van der Waals surface area contributed by atoms with Gasteiger partial charge in [0, 0.05) is 15.9 Å². The van der Waals surface area contributed by atoms with Crippen LogP contribution in [0.2, 0.25) is 0 Å². The molecule has 0 saturated heterocycles. The summed E-state index contributed by atoms with van der Waals surface area (Å²) in [5, 5.41) is 9.27. The Morgan fingerprint density at radius 2 is 2.09 bits per heavy atom. The number of H-pyrrole nitrogens is 1. The second-order valence-electron chi connectivity index (χ2n) is 5.12. The van der Waals surface area contributed by atoms with Gasteiger partial charge >= 0.3 is 5.97 Å². The van der Waals surface area contributed by atoms with Crippen molar-refractivity contribution in [1.29, 1.82) is 0 Å². The van der Waals surface area contributed by atoms with Crippen LogP contribution in [0.15, 0.2) is 22.7 Å². The monoisotopic (exact) mass is 370 g/mol. The van der Waals surface area contributed by atoms with E-state index in [1.54, 1.807) is 13.0 Å². The number of fused-ring (bicyclic) bond motifs is 1. The van der Waals surface area contributed by atoms with E-state index in [0.29, 0.717) is 21.8 Å². The zero-order valence-electron chi connectivity index (χ0n) is 12.2. The van der Waals surface area contributed by atoms with Gasteiger partial charge in [0.05, 0.1) is 5.52 Å². The van der Waals surface area contributed by atoms with Gasteiger partial charge in [-0.15, -0.1) is 0 Å². The topological polar surface area (TPSA) is 73.4 Å². The summed E-state index contributed by atoms with van der Waals surface area (Å²) in [5.74, 6) is -1.99. The van der Waals surface area contributed by atoms with E-state index >= 15 is 0 Å². The van der Waals surface area contributed by atoms with Crippen molar-refractivity contribution < 1.29 is 19.1 Å². The van der Waals surface area contributed by atoms with Crippen LogP contribution in [0.4, 0.5) is 4.39 Å². The normalized spacial score (nSPS) is 12.4. The highest BCUT2D eigenvalue weighted by molar-refractivity contribution is 9.10. The van der Waals surface area contributed by atoms with Crippen LogP contribution < -0.4 is 0 Å². The zero-order chi connectivity index (χ0) is 16.4. The molecule has 0 spiro atoms. The number of nitrogens with zero attached hydrogens (tertiary/aromatic N) is 1. The average Bonchev–Trinajstić information content (AvgIpc) is 2.87. The van der Waals surface area contributed by atoms with Crippen LogP contribution >= 0.6 is 15.9 Å². The molecule has 5 nitrogen and oxygen atoms in total. The standard InChI is InChI=1S/C15H16BrFN2O3/c1-3-8(2)19(7-14(20)21)15(22)13-6-10-11(17)4-9(16)5-12(10)18-13/h4-6,8,18H,3,7H2,1-2H3,(H,20,21). The summed E-state index contributed by atoms with van der Waals surface area (Å²) in [6.07, 6.45) is 0.624. The zero-order valence-corrected chi connectivity index (χ0v) is 13.8. The summed E-state index contributed by atoms with van der Waals surface area (Å²) in [5.41, 5.74) is 0.656. The number of carbonyl (C=O) groups excluding carboxylic acids is 1. The molecule has 118 valence electrons. The van der Waals surface area contributed by atoms with Crippen molar-refractivity contribution in [2.45, 2.75) is 26.3 Å². The van der Waals surface area contributed by atoms with Crippen LogP contribution in [0, 0.1) is 5.82 Å². The maximum atomic E-state index is 13.9. The largest absolute Gasteiger partial charge is 0.480 e. The van der Waals surface area contributed by atoms with Crippen LogP contribution in [0.5, 0.6) is 0 Å². The van der Waals surface area contributed by atoms with E-state index < -0.39 is 24.2 Å². The Balaban J connectivity index is 2.42. The van der Waals surface area contributed by atoms with Crippen molar-refractivity contribution in [3.63, 3.8) is 0 Å². The summed E-state index contributed by atoms with van der Waals surface area (Å²) < 4.78 is 14.4. The first-order chi connectivity index (χ1) is 10.3. The van der Waals surface area contributed by atoms with Crippen molar-refractivity contribution in [3.05, 3.63) is 34.2 Å². The molecule has 0 aliphatic carbocycles. The summed E-state index contributed by atoms with van der Waals surface area (Å²) in [6.45, 7) is 3.25. The van der Waals surface area contributed by atoms with E-state index in [0.717, 1.165) is 0 Å². The molecule has 1 amide bonds. The van der Waals surface area contributed by atoms with Gasteiger partial charge in [0.25, 0.3) is 5.91 Å². The summed E-state index contributed by atoms with van der Waals surface area (Å²) in [7, 11) is 0. The fraction of sp³-hybridized carbons (Fsp3) is 0.333. The third kappa shape index (κ3) is 3.30. The average molecular weight is 371 g/mol. The molecular formula is C15H16BrFN2O3. The second kappa shape index (κ2) is 6.48. The highest BCUT2D eigenvalue weighted by atomic mass is 79.9. The SMILES string of the molecule is CCC(C)N(CC(=O)O)C(=O)c1cc2c(F)cc(Br)cc2[nH]1. The summed E-state index contributed by atoms with van der Waals surface area (Å²) >= 11 is 3.19. The number of carbonyl (C=O) groups is 2. The fourth-order valence-corrected chi connectivity index (χ4v) is 2.65. The molecule has 2 N–H and O–H groups in total. The number of hydrogen-bond donors (Lipinski definition) is 2. The molecule has 7 heteroatoms. The molecule has 1 unspecified atom stereocenters. The van der Waals surface area contributed by atoms with E-state index in [-0.39, 0.29) is 11.7 Å². The van der Waals surface area contributed by atoms with Crippen molar-refractivity contribution in [2.24, 2.45) is 0 Å². The Hall–Kier alpha value is -1.89. The number of hydrogen-bond acceptors (Lipinski definition) is 2. The molecular weight excluding hydrogens is 355 g/mol. The lowest BCUT2D eigenvalue weighted by atomic mass is 10.2. The summed E-state index contributed by atoms with van der Waals surface area (Å²) in [6, 6.07) is 4.16. The van der Waals surface area contributed by atoms with Gasteiger partial charge in [-0.2, -0.15) is 0 Å². The quantitative estimate of drug-likeness (QED) is 0.846. The molecule has 2 aromatic rings. The number of aliphatic carboxylic acids is 1. The van der Waals surface area contributed by atoms with Gasteiger partial charge in [-0.05, 0) is 31.5 Å². The third-order valence-electron chi connectivity index (χ3n) is 3.57. The van der Waals surface area contributed by atoms with Gasteiger partial charge in [0.2, 0.25) is 0 Å². The van der Waals surface area contributed by atoms with Crippen LogP contribution in [0.1, 0.15) is 30.8 Å². The van der Waals surface area contributed by atoms with Crippen molar-refractivity contribution in [1.82, 2.24) is 9.88 Å². The first-order valence-corrected chi connectivity index (χ1v) is 7.63. The van der Waals surface area contributed by atoms with E-state index in [9.17, 15) is 14.0 Å². The smallest absolute Gasteiger partial charge is 0.323 e. The Morgan fingerprint density at radius 3 is 2.68 bits per heavy atom. The number of halogens is 2. The van der Waals surface area contributed by atoms with Gasteiger partial charge in [-0.1, -0.05) is 22.9 Å². The Labute approximate surface area is 135 Å². The maximum absolute atomic E-state index is 13.9. The predicted octanol–water partition coefficient (Wildman–Crippen LogP) is 3.39. The van der Waals surface area contributed by atoms with Crippen LogP contribution in [0.25, 0.3) is 10.9 Å². The minimum Gasteiger partial charge on any atom is -0.480 e. The minimum absolute atomic E-state index is 0.175. The highest BCUT2D eigenvalue weighted by Crippen LogP contribution is 2.25. The highest BCUT2D eigenvalue weighted by Gasteiger charge is 2.24. The van der Waals surface area contributed by atoms with Crippen LogP contribution in [-0.2, 0) is 4.79 Å². The van der Waals surface area contributed by atoms with Gasteiger partial charge in [-0.3, -0.25) is 9.59 Å². The number of carboxylic acid groups (broad SMARTS) is 1. The minimum atomic E-state index is -1.08. The Bertz CT molecular complexity index is 729. The fourth-order valence-electron chi connectivity index (χ4n) is 2.22. The number of carboxylic acids is 1. The first kappa shape index (κ1) is 16.5. The molecule has 1 atom stereocenters. The molecule has 0 bridgehead atoms. The second-order valence-corrected chi connectivity index (χ2v) is 6.03. The van der Waals surface area contributed by atoms with Crippen molar-refractivity contribution in [2.75, 3.05) is 6.54 Å². The van der Waals surface area contributed by atoms with E-state index in [1.807, 2.05) is 6.92 Å². The van der Waals surface area contributed by atoms with Crippen molar-refractivity contribution >= 4 is 38.7 Å². The number of nitrogens with one attached hydrogen (secondary N) is 1. The lowest BCUT2D eigenvalue weighted by Gasteiger charge is -2.26. The van der Waals surface area contributed by atoms with Gasteiger partial charge in [-0.25, -0.2) is 4.39 Å².